The van der Waals surface area contributed by atoms with E-state index in [4.69, 9.17) is 4.52 Å². The van der Waals surface area contributed by atoms with Crippen molar-refractivity contribution in [2.45, 2.75) is 32.0 Å². The maximum absolute atomic E-state index is 4.92. The Balaban J connectivity index is 1.61. The molecule has 1 N–H and O–H groups in total. The fourth-order valence-corrected chi connectivity index (χ4v) is 2.78. The third kappa shape index (κ3) is 3.26. The van der Waals surface area contributed by atoms with E-state index in [1.165, 1.54) is 5.56 Å². The molecule has 106 valence electrons. The Morgan fingerprint density at radius 3 is 2.90 bits per heavy atom. The minimum Gasteiger partial charge on any atom is -0.364 e. The second-order valence-electron chi connectivity index (χ2n) is 5.56. The molecule has 1 aliphatic rings. The van der Waals surface area contributed by atoms with E-state index < -0.39 is 0 Å². The quantitative estimate of drug-likeness (QED) is 0.924. The molecule has 1 aliphatic heterocycles. The summed E-state index contributed by atoms with van der Waals surface area (Å²) in [6.45, 7) is 5.19. The van der Waals surface area contributed by atoms with Gasteiger partial charge in [0.1, 0.15) is 6.26 Å². The van der Waals surface area contributed by atoms with E-state index in [9.17, 15) is 0 Å². The van der Waals surface area contributed by atoms with Gasteiger partial charge in [0.25, 0.3) is 0 Å². The summed E-state index contributed by atoms with van der Waals surface area (Å²) in [7, 11) is 0. The Hall–Kier alpha value is -1.65. The van der Waals surface area contributed by atoms with Gasteiger partial charge >= 0.3 is 0 Å². The van der Waals surface area contributed by atoms with Crippen molar-refractivity contribution < 1.29 is 4.52 Å². The first-order valence-corrected chi connectivity index (χ1v) is 7.22. The molecular formula is C16H21N3O. The predicted molar refractivity (Wildman–Crippen MR) is 78.3 cm³/mol. The zero-order chi connectivity index (χ0) is 13.8. The Bertz CT molecular complexity index is 512. The number of hydrogen-bond acceptors (Lipinski definition) is 4. The first-order chi connectivity index (χ1) is 9.81. The molecule has 1 fully saturated rings. The van der Waals surface area contributed by atoms with Gasteiger partial charge in [0, 0.05) is 37.8 Å². The highest BCUT2D eigenvalue weighted by atomic mass is 16.5. The van der Waals surface area contributed by atoms with Crippen molar-refractivity contribution in [3.63, 3.8) is 0 Å². The fourth-order valence-electron chi connectivity index (χ4n) is 2.78. The van der Waals surface area contributed by atoms with Gasteiger partial charge < -0.3 is 9.84 Å². The summed E-state index contributed by atoms with van der Waals surface area (Å²) < 4.78 is 4.92. The highest BCUT2D eigenvalue weighted by molar-refractivity contribution is 5.16. The maximum atomic E-state index is 4.92. The molecule has 0 radical (unpaired) electrons. The predicted octanol–water partition coefficient (Wildman–Crippen LogP) is 2.08. The standard InChI is InChI=1S/C16H21N3O/c1-13-10-17-16(9-14-5-3-2-4-6-14)12-19(13)11-15-7-8-20-18-15/h2-8,13,16-17H,9-12H2,1H3. The van der Waals surface area contributed by atoms with Crippen molar-refractivity contribution in [1.82, 2.24) is 15.4 Å². The zero-order valence-corrected chi connectivity index (χ0v) is 11.8. The van der Waals surface area contributed by atoms with Crippen molar-refractivity contribution in [3.8, 4) is 0 Å². The Kier molecular flexibility index (Phi) is 4.14. The lowest BCUT2D eigenvalue weighted by Gasteiger charge is -2.38. The normalized spacial score (nSPS) is 23.9. The number of piperazine rings is 1. The van der Waals surface area contributed by atoms with Crippen LogP contribution in [0, 0.1) is 0 Å². The van der Waals surface area contributed by atoms with Crippen LogP contribution in [-0.4, -0.2) is 35.2 Å². The second kappa shape index (κ2) is 6.20. The molecule has 1 aromatic heterocycles. The summed E-state index contributed by atoms with van der Waals surface area (Å²) >= 11 is 0. The molecule has 2 unspecified atom stereocenters. The van der Waals surface area contributed by atoms with E-state index in [1.54, 1.807) is 6.26 Å². The molecule has 3 rings (SSSR count). The summed E-state index contributed by atoms with van der Waals surface area (Å²) in [5, 5.41) is 7.66. The van der Waals surface area contributed by atoms with Crippen LogP contribution in [0.3, 0.4) is 0 Å². The Morgan fingerprint density at radius 2 is 2.15 bits per heavy atom. The van der Waals surface area contributed by atoms with Crippen LogP contribution in [0.15, 0.2) is 47.2 Å². The summed E-state index contributed by atoms with van der Waals surface area (Å²) in [5.41, 5.74) is 2.40. The number of hydrogen-bond donors (Lipinski definition) is 1. The molecular weight excluding hydrogens is 250 g/mol. The molecule has 2 aromatic rings. The monoisotopic (exact) mass is 271 g/mol. The SMILES string of the molecule is CC1CNC(Cc2ccccc2)CN1Cc1ccon1. The van der Waals surface area contributed by atoms with Crippen molar-refractivity contribution >= 4 is 0 Å². The molecule has 2 heterocycles. The molecule has 2 atom stereocenters. The largest absolute Gasteiger partial charge is 0.364 e. The van der Waals surface area contributed by atoms with Gasteiger partial charge in [-0.1, -0.05) is 35.5 Å². The van der Waals surface area contributed by atoms with Gasteiger partial charge in [0.2, 0.25) is 0 Å². The molecule has 0 saturated carbocycles. The molecule has 1 aromatic carbocycles. The number of nitrogens with one attached hydrogen (secondary N) is 1. The topological polar surface area (TPSA) is 41.3 Å². The molecule has 4 nitrogen and oxygen atoms in total. The van der Waals surface area contributed by atoms with Gasteiger partial charge in [-0.3, -0.25) is 4.90 Å². The van der Waals surface area contributed by atoms with Crippen LogP contribution < -0.4 is 5.32 Å². The molecule has 0 bridgehead atoms. The highest BCUT2D eigenvalue weighted by Gasteiger charge is 2.25. The number of rotatable bonds is 4. The maximum Gasteiger partial charge on any atom is 0.124 e. The molecule has 0 amide bonds. The van der Waals surface area contributed by atoms with Crippen molar-refractivity contribution in [1.29, 1.82) is 0 Å². The third-order valence-corrected chi connectivity index (χ3v) is 3.96. The van der Waals surface area contributed by atoms with E-state index in [0.29, 0.717) is 12.1 Å². The van der Waals surface area contributed by atoms with Gasteiger partial charge in [-0.2, -0.15) is 0 Å². The average Bonchev–Trinajstić information content (AvgIpc) is 2.97. The first kappa shape index (κ1) is 13.3. The summed E-state index contributed by atoms with van der Waals surface area (Å²) in [6, 6.07) is 13.6. The van der Waals surface area contributed by atoms with E-state index in [-0.39, 0.29) is 0 Å². The van der Waals surface area contributed by atoms with Crippen LogP contribution in [0.25, 0.3) is 0 Å². The van der Waals surface area contributed by atoms with E-state index in [0.717, 1.165) is 31.7 Å². The van der Waals surface area contributed by atoms with Crippen LogP contribution >= 0.6 is 0 Å². The minimum atomic E-state index is 0.500. The third-order valence-electron chi connectivity index (χ3n) is 3.96. The van der Waals surface area contributed by atoms with Crippen LogP contribution in [0.5, 0.6) is 0 Å². The summed E-state index contributed by atoms with van der Waals surface area (Å²) in [5.74, 6) is 0. The minimum absolute atomic E-state index is 0.500. The van der Waals surface area contributed by atoms with E-state index in [2.05, 4.69) is 52.6 Å². The van der Waals surface area contributed by atoms with E-state index in [1.807, 2.05) is 6.07 Å². The molecule has 0 spiro atoms. The van der Waals surface area contributed by atoms with Crippen LogP contribution in [-0.2, 0) is 13.0 Å². The smallest absolute Gasteiger partial charge is 0.124 e. The van der Waals surface area contributed by atoms with Crippen LogP contribution in [0.1, 0.15) is 18.2 Å². The zero-order valence-electron chi connectivity index (χ0n) is 11.8. The Morgan fingerprint density at radius 1 is 1.30 bits per heavy atom. The molecule has 4 heteroatoms. The van der Waals surface area contributed by atoms with Crippen LogP contribution in [0.2, 0.25) is 0 Å². The average molecular weight is 271 g/mol. The fraction of sp³-hybridized carbons (Fsp3) is 0.438. The first-order valence-electron chi connectivity index (χ1n) is 7.22. The van der Waals surface area contributed by atoms with Gasteiger partial charge in [-0.25, -0.2) is 0 Å². The van der Waals surface area contributed by atoms with Gasteiger partial charge in [-0.15, -0.1) is 0 Å². The van der Waals surface area contributed by atoms with Gasteiger partial charge in [0.05, 0.1) is 5.69 Å². The van der Waals surface area contributed by atoms with Gasteiger partial charge in [-0.05, 0) is 18.9 Å². The summed E-state index contributed by atoms with van der Waals surface area (Å²) in [4.78, 5) is 2.47. The summed E-state index contributed by atoms with van der Waals surface area (Å²) in [6.07, 6.45) is 2.71. The van der Waals surface area contributed by atoms with E-state index >= 15 is 0 Å². The number of nitrogens with zero attached hydrogens (tertiary/aromatic N) is 2. The van der Waals surface area contributed by atoms with Crippen molar-refractivity contribution in [3.05, 3.63) is 53.9 Å². The van der Waals surface area contributed by atoms with Crippen LogP contribution in [0.4, 0.5) is 0 Å². The second-order valence-corrected chi connectivity index (χ2v) is 5.56. The lowest BCUT2D eigenvalue weighted by molar-refractivity contribution is 0.130. The lowest BCUT2D eigenvalue weighted by Crippen LogP contribution is -2.55. The molecule has 0 aliphatic carbocycles. The van der Waals surface area contributed by atoms with Crippen molar-refractivity contribution in [2.24, 2.45) is 0 Å². The Labute approximate surface area is 119 Å². The highest BCUT2D eigenvalue weighted by Crippen LogP contribution is 2.14. The van der Waals surface area contributed by atoms with Gasteiger partial charge in [0.15, 0.2) is 0 Å². The van der Waals surface area contributed by atoms with Crippen molar-refractivity contribution in [2.75, 3.05) is 13.1 Å². The molecule has 1 saturated heterocycles. The number of aromatic nitrogens is 1. The lowest BCUT2D eigenvalue weighted by atomic mass is 10.0. The molecule has 20 heavy (non-hydrogen) atoms. The number of benzene rings is 1.